The zero-order valence-electron chi connectivity index (χ0n) is 23.2. The number of benzene rings is 2. The molecule has 10 heteroatoms. The van der Waals surface area contributed by atoms with Crippen LogP contribution in [-0.4, -0.2) is 58.3 Å². The van der Waals surface area contributed by atoms with E-state index in [0.29, 0.717) is 5.56 Å². The summed E-state index contributed by atoms with van der Waals surface area (Å²) in [5.74, 6) is 1.58. The molecule has 0 atom stereocenters. The number of hydrogen-bond donors (Lipinski definition) is 0. The van der Waals surface area contributed by atoms with E-state index >= 15 is 0 Å². The van der Waals surface area contributed by atoms with Gasteiger partial charge in [0.25, 0.3) is 5.91 Å². The van der Waals surface area contributed by atoms with Crippen LogP contribution in [0.25, 0.3) is 20.2 Å². The Balaban J connectivity index is 0.000000310. The Bertz CT molecular complexity index is 1310. The summed E-state index contributed by atoms with van der Waals surface area (Å²) in [5.41, 5.74) is 1.45. The van der Waals surface area contributed by atoms with Crippen LogP contribution < -0.4 is 28.3 Å². The van der Waals surface area contributed by atoms with Crippen molar-refractivity contribution in [3.05, 3.63) is 65.7 Å². The number of ketones is 1. The van der Waals surface area contributed by atoms with Gasteiger partial charge in [0.05, 0.1) is 26.9 Å². The summed E-state index contributed by atoms with van der Waals surface area (Å²) in [6.45, 7) is 3.59. The van der Waals surface area contributed by atoms with Gasteiger partial charge in [0.1, 0.15) is 11.5 Å². The van der Waals surface area contributed by atoms with E-state index in [9.17, 15) is 9.59 Å². The van der Waals surface area contributed by atoms with Crippen molar-refractivity contribution in [3.63, 3.8) is 0 Å². The molecule has 1 fully saturated rings. The van der Waals surface area contributed by atoms with E-state index in [1.165, 1.54) is 36.4 Å². The number of methoxy groups -OCH3 is 2. The van der Waals surface area contributed by atoms with E-state index in [1.807, 2.05) is 47.2 Å². The fraction of sp³-hybridized carbons (Fsp3) is 0.321. The van der Waals surface area contributed by atoms with Gasteiger partial charge in [-0.05, 0) is 56.2 Å². The molecule has 0 saturated carbocycles. The Morgan fingerprint density at radius 1 is 0.842 bits per heavy atom. The summed E-state index contributed by atoms with van der Waals surface area (Å²) in [4.78, 5) is 28.1. The van der Waals surface area contributed by atoms with Gasteiger partial charge in [0.15, 0.2) is 5.78 Å². The molecular formula is C28H34LiNO6S2. The number of amides is 1. The van der Waals surface area contributed by atoms with Crippen molar-refractivity contribution in [2.45, 2.75) is 19.8 Å². The summed E-state index contributed by atoms with van der Waals surface area (Å²) in [6.07, 6.45) is 2.56. The first-order chi connectivity index (χ1) is 17.4. The molecule has 200 valence electrons. The molecule has 1 amide bonds. The maximum atomic E-state index is 12.0. The molecule has 1 aliphatic rings. The Kier molecular flexibility index (Phi) is 14.7. The van der Waals surface area contributed by atoms with Crippen molar-refractivity contribution in [1.82, 2.24) is 5.06 Å². The molecule has 38 heavy (non-hydrogen) atoms. The molecule has 4 aromatic rings. The number of thiophene rings is 2. The third kappa shape index (κ3) is 8.57. The second-order valence-electron chi connectivity index (χ2n) is 7.88. The number of hydrogen-bond acceptors (Lipinski definition) is 8. The van der Waals surface area contributed by atoms with Crippen LogP contribution in [-0.2, 0) is 9.57 Å². The van der Waals surface area contributed by atoms with Gasteiger partial charge in [0, 0.05) is 56.8 Å². The Labute approximate surface area is 244 Å². The van der Waals surface area contributed by atoms with Crippen LogP contribution in [0.5, 0.6) is 11.5 Å². The SMILES string of the molecule is C1CCOC1.COc1ccc2c(C(=O)N(C)OC)csc2c1.COc1ccc2c(C(C)=O)csc2c1.[CH3-].[Li+]. The van der Waals surface area contributed by atoms with Crippen LogP contribution in [0.2, 0.25) is 0 Å². The first-order valence-electron chi connectivity index (χ1n) is 11.4. The Morgan fingerprint density at radius 3 is 1.71 bits per heavy atom. The van der Waals surface area contributed by atoms with Gasteiger partial charge >= 0.3 is 18.9 Å². The number of fused-ring (bicyclic) bond motifs is 2. The third-order valence-electron chi connectivity index (χ3n) is 5.56. The number of rotatable bonds is 5. The van der Waals surface area contributed by atoms with Crippen molar-refractivity contribution in [3.8, 4) is 11.5 Å². The second-order valence-corrected chi connectivity index (χ2v) is 9.71. The van der Waals surface area contributed by atoms with Crippen LogP contribution in [0, 0.1) is 7.43 Å². The molecule has 2 aromatic heterocycles. The summed E-state index contributed by atoms with van der Waals surface area (Å²) < 4.78 is 17.3. The van der Waals surface area contributed by atoms with Crippen molar-refractivity contribution in [2.75, 3.05) is 41.6 Å². The number of nitrogens with zero attached hydrogens (tertiary/aromatic N) is 1. The van der Waals surface area contributed by atoms with E-state index in [2.05, 4.69) is 0 Å². The standard InChI is InChI=1S/C12H13NO3S.C11H10O2S.C4H8O.CH3.Li/c1-13(16-3)12(14)10-7-17-11-6-8(15-2)4-5-9(10)11;1-7(12)10-6-14-11-5-8(13-2)3-4-9(10)11;1-2-4-5-3-1;;/h4-7H,1-3H3;3-6H,1-2H3;1-4H2;1H3;/q;;;-1;+1. The molecular weight excluding hydrogens is 517 g/mol. The van der Waals surface area contributed by atoms with Gasteiger partial charge < -0.3 is 21.6 Å². The molecule has 3 heterocycles. The second kappa shape index (κ2) is 16.6. The van der Waals surface area contributed by atoms with Gasteiger partial charge in [0.2, 0.25) is 0 Å². The Hall–Kier alpha value is -2.38. The summed E-state index contributed by atoms with van der Waals surface area (Å²) in [6, 6.07) is 11.4. The van der Waals surface area contributed by atoms with Crippen LogP contribution in [0.1, 0.15) is 40.5 Å². The van der Waals surface area contributed by atoms with Gasteiger partial charge in [-0.25, -0.2) is 5.06 Å². The maximum Gasteiger partial charge on any atom is 1.00 e. The molecule has 5 rings (SSSR count). The average Bonchev–Trinajstić information content (AvgIpc) is 3.68. The van der Waals surface area contributed by atoms with Crippen molar-refractivity contribution >= 4 is 54.5 Å². The summed E-state index contributed by atoms with van der Waals surface area (Å²) >= 11 is 3.09. The number of carbonyl (C=O) groups is 2. The zero-order chi connectivity index (χ0) is 26.1. The molecule has 0 bridgehead atoms. The van der Waals surface area contributed by atoms with E-state index in [0.717, 1.165) is 50.4 Å². The van der Waals surface area contributed by atoms with Crippen LogP contribution in [0.4, 0.5) is 0 Å². The predicted octanol–water partition coefficient (Wildman–Crippen LogP) is 3.91. The largest absolute Gasteiger partial charge is 1.00 e. The number of Topliss-reactive ketones (excluding diaryl/α,β-unsaturated/α-hetero) is 1. The fourth-order valence-corrected chi connectivity index (χ4v) is 5.46. The van der Waals surface area contributed by atoms with Gasteiger partial charge in [-0.15, -0.1) is 22.7 Å². The molecule has 0 spiro atoms. The minimum atomic E-state index is -0.149. The summed E-state index contributed by atoms with van der Waals surface area (Å²) in [7, 11) is 6.32. The average molecular weight is 552 g/mol. The van der Waals surface area contributed by atoms with E-state index in [4.69, 9.17) is 19.0 Å². The first kappa shape index (κ1) is 33.6. The molecule has 0 unspecified atom stereocenters. The summed E-state index contributed by atoms with van der Waals surface area (Å²) in [5, 5.41) is 6.88. The van der Waals surface area contributed by atoms with Crippen LogP contribution in [0.3, 0.4) is 0 Å². The smallest absolute Gasteiger partial charge is 0.497 e. The van der Waals surface area contributed by atoms with Gasteiger partial charge in [-0.3, -0.25) is 14.4 Å². The normalized spacial score (nSPS) is 11.7. The zero-order valence-corrected chi connectivity index (χ0v) is 24.8. The minimum Gasteiger partial charge on any atom is -0.497 e. The number of carbonyl (C=O) groups excluding carboxylic acids is 2. The molecule has 1 aliphatic heterocycles. The predicted molar refractivity (Wildman–Crippen MR) is 152 cm³/mol. The number of hydroxylamine groups is 2. The molecule has 0 radical (unpaired) electrons. The van der Waals surface area contributed by atoms with E-state index < -0.39 is 0 Å². The topological polar surface area (TPSA) is 74.3 Å². The molecule has 1 saturated heterocycles. The van der Waals surface area contributed by atoms with E-state index in [1.54, 1.807) is 39.5 Å². The molecule has 2 aromatic carbocycles. The van der Waals surface area contributed by atoms with Crippen molar-refractivity contribution in [1.29, 1.82) is 0 Å². The first-order valence-corrected chi connectivity index (χ1v) is 13.2. The van der Waals surface area contributed by atoms with Crippen LogP contribution in [0.15, 0.2) is 47.2 Å². The third-order valence-corrected chi connectivity index (χ3v) is 7.45. The molecule has 0 aliphatic carbocycles. The van der Waals surface area contributed by atoms with Gasteiger partial charge in [-0.2, -0.15) is 0 Å². The monoisotopic (exact) mass is 551 g/mol. The van der Waals surface area contributed by atoms with Crippen molar-refractivity contribution in [2.24, 2.45) is 0 Å². The maximum absolute atomic E-state index is 12.0. The molecule has 7 nitrogen and oxygen atoms in total. The van der Waals surface area contributed by atoms with Crippen LogP contribution >= 0.6 is 22.7 Å². The fourth-order valence-electron chi connectivity index (χ4n) is 3.47. The quantitative estimate of drug-likeness (QED) is 0.162. The number of ether oxygens (including phenoxy) is 3. The molecule has 0 N–H and O–H groups in total. The van der Waals surface area contributed by atoms with E-state index in [-0.39, 0.29) is 38.0 Å². The van der Waals surface area contributed by atoms with Gasteiger partial charge in [-0.1, -0.05) is 0 Å². The Morgan fingerprint density at radius 2 is 1.32 bits per heavy atom. The van der Waals surface area contributed by atoms with Crippen molar-refractivity contribution < 1.29 is 47.5 Å². The minimum absolute atomic E-state index is 0.